The molecule has 2 N–H and O–H groups in total. The highest BCUT2D eigenvalue weighted by Gasteiger charge is 2.33. The van der Waals surface area contributed by atoms with E-state index in [1.54, 1.807) is 23.9 Å². The van der Waals surface area contributed by atoms with Crippen LogP contribution in [0.1, 0.15) is 64.0 Å². The normalized spacial score (nSPS) is 21.3. The summed E-state index contributed by atoms with van der Waals surface area (Å²) in [6.07, 6.45) is 8.25. The number of nitrogens with zero attached hydrogens (tertiary/aromatic N) is 4. The molecule has 2 aromatic heterocycles. The van der Waals surface area contributed by atoms with Crippen LogP contribution < -0.4 is 10.6 Å². The van der Waals surface area contributed by atoms with Crippen LogP contribution in [-0.4, -0.2) is 49.9 Å². The van der Waals surface area contributed by atoms with Gasteiger partial charge in [-0.15, -0.1) is 6.58 Å². The lowest BCUT2D eigenvalue weighted by atomic mass is 9.82. The highest BCUT2D eigenvalue weighted by Crippen LogP contribution is 2.34. The summed E-state index contributed by atoms with van der Waals surface area (Å²) in [7, 11) is 0. The fraction of sp³-hybridized carbons (Fsp3) is 0.444. The first-order chi connectivity index (χ1) is 16.4. The number of dihydropyridines is 1. The molecule has 0 saturated heterocycles. The Bertz CT molecular complexity index is 1310. The lowest BCUT2D eigenvalue weighted by molar-refractivity contribution is -0.120. The zero-order valence-electron chi connectivity index (χ0n) is 21.4. The maximum atomic E-state index is 13.4. The van der Waals surface area contributed by atoms with Crippen molar-refractivity contribution >= 4 is 34.1 Å². The van der Waals surface area contributed by atoms with Gasteiger partial charge in [0.05, 0.1) is 35.3 Å². The molecular weight excluding hydrogens is 440 g/mol. The van der Waals surface area contributed by atoms with Crippen LogP contribution in [0.5, 0.6) is 0 Å². The van der Waals surface area contributed by atoms with Crippen molar-refractivity contribution in [1.82, 2.24) is 25.4 Å². The van der Waals surface area contributed by atoms with Crippen molar-refractivity contribution in [2.75, 3.05) is 6.54 Å². The number of carbonyl (C=O) groups is 2. The van der Waals surface area contributed by atoms with Crippen molar-refractivity contribution in [2.45, 2.75) is 65.6 Å². The summed E-state index contributed by atoms with van der Waals surface area (Å²) in [5, 5.41) is 11.7. The molecule has 35 heavy (non-hydrogen) atoms. The first kappa shape index (κ1) is 24.7. The molecule has 0 bridgehead atoms. The Morgan fingerprint density at radius 2 is 2.06 bits per heavy atom. The molecular formula is C27H34N6O2. The third kappa shape index (κ3) is 5.17. The number of fused-ring (bicyclic) bond motifs is 1. The summed E-state index contributed by atoms with van der Waals surface area (Å²) in [5.74, 6) is -0.958. The Hall–Kier alpha value is -3.39. The topological polar surface area (TPSA) is 101 Å². The van der Waals surface area contributed by atoms with E-state index < -0.39 is 5.92 Å². The molecule has 0 spiro atoms. The van der Waals surface area contributed by atoms with E-state index >= 15 is 0 Å². The predicted octanol–water partition coefficient (Wildman–Crippen LogP) is 3.84. The zero-order valence-corrected chi connectivity index (χ0v) is 21.4. The summed E-state index contributed by atoms with van der Waals surface area (Å²) in [6, 6.07) is 1.84. The van der Waals surface area contributed by atoms with E-state index in [2.05, 4.69) is 61.1 Å². The number of hydrogen-bond acceptors (Lipinski definition) is 5. The van der Waals surface area contributed by atoms with Gasteiger partial charge in [0.25, 0.3) is 11.8 Å². The van der Waals surface area contributed by atoms with E-state index in [4.69, 9.17) is 4.98 Å². The molecule has 2 amide bonds. The van der Waals surface area contributed by atoms with Crippen LogP contribution in [0.3, 0.4) is 0 Å². The number of aromatic nitrogens is 3. The van der Waals surface area contributed by atoms with Gasteiger partial charge in [0.15, 0.2) is 5.65 Å². The van der Waals surface area contributed by atoms with Crippen molar-refractivity contribution in [3.63, 3.8) is 0 Å². The van der Waals surface area contributed by atoms with Gasteiger partial charge < -0.3 is 10.6 Å². The second kappa shape index (κ2) is 9.00. The third-order valence-corrected chi connectivity index (χ3v) is 6.35. The number of allylic oxidation sites excluding steroid dienone is 2. The zero-order chi connectivity index (χ0) is 25.5. The lowest BCUT2D eigenvalue weighted by Gasteiger charge is -2.41. The molecule has 4 rings (SSSR count). The Morgan fingerprint density at radius 1 is 1.31 bits per heavy atom. The van der Waals surface area contributed by atoms with Gasteiger partial charge in [-0.2, -0.15) is 5.10 Å². The molecule has 2 aromatic rings. The highest BCUT2D eigenvalue weighted by molar-refractivity contribution is 6.07. The quantitative estimate of drug-likeness (QED) is 0.620. The first-order valence-corrected chi connectivity index (χ1v) is 11.9. The van der Waals surface area contributed by atoms with E-state index in [1.807, 2.05) is 19.1 Å². The number of nitrogens with one attached hydrogen (secondary N) is 2. The molecule has 184 valence electrons. The summed E-state index contributed by atoms with van der Waals surface area (Å²) in [5.41, 5.74) is 4.18. The Balaban J connectivity index is 1.72. The highest BCUT2D eigenvalue weighted by atomic mass is 16.2. The lowest BCUT2D eigenvalue weighted by Crippen LogP contribution is -2.53. The number of carbonyl (C=O) groups excluding carboxylic acids is 2. The standard InChI is InChI=1S/C27H34N6O2/c1-8-9-33-23-21(15-29-33)19(24(34)28-14-20-16(2)10-17(3)30-25(20)35)11-22(31-23)18-12-26(4,5)32-27(6,7)13-18/h8,10-12,15,20,32H,1,9,13-14H2,2-7H3,(H,28,34). The van der Waals surface area contributed by atoms with E-state index in [9.17, 15) is 9.59 Å². The molecule has 8 heteroatoms. The smallest absolute Gasteiger partial charge is 0.254 e. The fourth-order valence-corrected chi connectivity index (χ4v) is 5.18. The molecule has 4 heterocycles. The maximum Gasteiger partial charge on any atom is 0.254 e. The predicted molar refractivity (Wildman–Crippen MR) is 139 cm³/mol. The van der Waals surface area contributed by atoms with E-state index in [0.717, 1.165) is 23.3 Å². The van der Waals surface area contributed by atoms with Crippen LogP contribution in [-0.2, 0) is 11.3 Å². The van der Waals surface area contributed by atoms with Gasteiger partial charge in [-0.05, 0) is 65.7 Å². The molecule has 0 aliphatic carbocycles. The Morgan fingerprint density at radius 3 is 2.71 bits per heavy atom. The largest absolute Gasteiger partial charge is 0.351 e. The summed E-state index contributed by atoms with van der Waals surface area (Å²) < 4.78 is 1.75. The Kier molecular flexibility index (Phi) is 6.36. The molecule has 0 radical (unpaired) electrons. The summed E-state index contributed by atoms with van der Waals surface area (Å²) in [4.78, 5) is 34.8. The average Bonchev–Trinajstić information content (AvgIpc) is 3.13. The van der Waals surface area contributed by atoms with Crippen molar-refractivity contribution in [3.05, 3.63) is 53.9 Å². The van der Waals surface area contributed by atoms with E-state index in [0.29, 0.717) is 28.9 Å². The van der Waals surface area contributed by atoms with Crippen LogP contribution in [0, 0.1) is 5.92 Å². The van der Waals surface area contributed by atoms with Gasteiger partial charge in [-0.25, -0.2) is 14.7 Å². The number of rotatable bonds is 6. The van der Waals surface area contributed by atoms with Crippen LogP contribution in [0.25, 0.3) is 16.6 Å². The minimum atomic E-state index is -0.461. The molecule has 8 nitrogen and oxygen atoms in total. The van der Waals surface area contributed by atoms with Crippen molar-refractivity contribution in [1.29, 1.82) is 0 Å². The third-order valence-electron chi connectivity index (χ3n) is 6.35. The molecule has 2 aliphatic rings. The van der Waals surface area contributed by atoms with Gasteiger partial charge in [-0.1, -0.05) is 17.7 Å². The summed E-state index contributed by atoms with van der Waals surface area (Å²) >= 11 is 0. The van der Waals surface area contributed by atoms with E-state index in [1.165, 1.54) is 0 Å². The second-order valence-corrected chi connectivity index (χ2v) is 10.7. The molecule has 0 fully saturated rings. The minimum Gasteiger partial charge on any atom is -0.351 e. The van der Waals surface area contributed by atoms with Gasteiger partial charge in [0.1, 0.15) is 0 Å². The Labute approximate surface area is 206 Å². The van der Waals surface area contributed by atoms with Crippen LogP contribution in [0.2, 0.25) is 0 Å². The summed E-state index contributed by atoms with van der Waals surface area (Å²) in [6.45, 7) is 16.8. The number of aliphatic imine (C=N–C) groups is 1. The van der Waals surface area contributed by atoms with Gasteiger partial charge >= 0.3 is 0 Å². The molecule has 2 aliphatic heterocycles. The SMILES string of the molecule is C=CCn1ncc2c(C(=O)NCC3C(=O)N=C(C)C=C3C)cc(C3=CC(C)(C)NC(C)(C)C3)nc21. The second-order valence-electron chi connectivity index (χ2n) is 10.7. The molecule has 0 saturated carbocycles. The van der Waals surface area contributed by atoms with Crippen molar-refractivity contribution < 1.29 is 9.59 Å². The van der Waals surface area contributed by atoms with E-state index in [-0.39, 0.29) is 29.4 Å². The van der Waals surface area contributed by atoms with Crippen LogP contribution >= 0.6 is 0 Å². The number of pyridine rings is 1. The maximum absolute atomic E-state index is 13.4. The van der Waals surface area contributed by atoms with Crippen molar-refractivity contribution in [2.24, 2.45) is 10.9 Å². The fourth-order valence-electron chi connectivity index (χ4n) is 5.18. The van der Waals surface area contributed by atoms with Crippen LogP contribution in [0.15, 0.2) is 47.6 Å². The number of amides is 2. The van der Waals surface area contributed by atoms with Gasteiger partial charge in [0.2, 0.25) is 0 Å². The first-order valence-electron chi connectivity index (χ1n) is 11.9. The van der Waals surface area contributed by atoms with Crippen molar-refractivity contribution in [3.8, 4) is 0 Å². The minimum absolute atomic E-state index is 0.127. The molecule has 1 unspecified atom stereocenters. The average molecular weight is 475 g/mol. The molecule has 1 atom stereocenters. The van der Waals surface area contributed by atoms with Gasteiger partial charge in [-0.3, -0.25) is 9.59 Å². The van der Waals surface area contributed by atoms with Crippen LogP contribution in [0.4, 0.5) is 0 Å². The molecule has 0 aromatic carbocycles. The number of hydrogen-bond donors (Lipinski definition) is 2. The van der Waals surface area contributed by atoms with Gasteiger partial charge in [0, 0.05) is 23.3 Å². The monoisotopic (exact) mass is 474 g/mol.